The van der Waals surface area contributed by atoms with Gasteiger partial charge in [-0.3, -0.25) is 0 Å². The van der Waals surface area contributed by atoms with Crippen molar-refractivity contribution in [3.8, 4) is 5.69 Å². The molecule has 0 bridgehead atoms. The molecule has 1 aromatic heterocycles. The summed E-state index contributed by atoms with van der Waals surface area (Å²) in [6.07, 6.45) is 0.912. The van der Waals surface area contributed by atoms with Gasteiger partial charge in [-0.05, 0) is 26.0 Å². The van der Waals surface area contributed by atoms with Crippen LogP contribution in [-0.2, 0) is 0 Å². The molecule has 0 aliphatic heterocycles. The minimum atomic E-state index is -0.678. The zero-order valence-electron chi connectivity index (χ0n) is 9.05. The van der Waals surface area contributed by atoms with Crippen molar-refractivity contribution in [2.45, 2.75) is 20.0 Å². The quantitative estimate of drug-likeness (QED) is 0.840. The highest BCUT2D eigenvalue weighted by Gasteiger charge is 2.10. The molecule has 1 aromatic carbocycles. The minimum Gasteiger partial charge on any atom is -0.387 e. The van der Waals surface area contributed by atoms with Crippen LogP contribution < -0.4 is 0 Å². The number of aromatic nitrogens is 3. The highest BCUT2D eigenvalue weighted by Crippen LogP contribution is 2.17. The van der Waals surface area contributed by atoms with Crippen molar-refractivity contribution in [3.63, 3.8) is 0 Å². The smallest absolute Gasteiger partial charge is 0.128 e. The predicted molar refractivity (Wildman–Crippen MR) is 56.7 cm³/mol. The lowest BCUT2D eigenvalue weighted by atomic mass is 10.2. The standard InChI is InChI=1S/C11H12FN3O/c1-7-9(12)4-3-5-11(7)15-6-10(8(2)16)13-14-15/h3-6,8,16H,1-2H3. The summed E-state index contributed by atoms with van der Waals surface area (Å²) < 4.78 is 14.8. The summed E-state index contributed by atoms with van der Waals surface area (Å²) >= 11 is 0. The van der Waals surface area contributed by atoms with Crippen LogP contribution in [0.15, 0.2) is 24.4 Å². The van der Waals surface area contributed by atoms with Gasteiger partial charge in [-0.25, -0.2) is 9.07 Å². The monoisotopic (exact) mass is 221 g/mol. The molecule has 2 aromatic rings. The van der Waals surface area contributed by atoms with Gasteiger partial charge in [0.2, 0.25) is 0 Å². The lowest BCUT2D eigenvalue weighted by Crippen LogP contribution is -1.99. The molecule has 0 saturated heterocycles. The van der Waals surface area contributed by atoms with Gasteiger partial charge in [0.15, 0.2) is 0 Å². The zero-order chi connectivity index (χ0) is 11.7. The Kier molecular flexibility index (Phi) is 2.70. The number of aliphatic hydroxyl groups is 1. The summed E-state index contributed by atoms with van der Waals surface area (Å²) in [6, 6.07) is 4.76. The lowest BCUT2D eigenvalue weighted by molar-refractivity contribution is 0.194. The second-order valence-electron chi connectivity index (χ2n) is 3.65. The summed E-state index contributed by atoms with van der Waals surface area (Å²) in [5, 5.41) is 17.0. The number of aliphatic hydroxyl groups excluding tert-OH is 1. The molecular formula is C11H12FN3O. The molecule has 84 valence electrons. The maximum absolute atomic E-state index is 13.3. The van der Waals surface area contributed by atoms with Gasteiger partial charge in [0.25, 0.3) is 0 Å². The van der Waals surface area contributed by atoms with Crippen molar-refractivity contribution in [2.24, 2.45) is 0 Å². The number of nitrogens with zero attached hydrogens (tertiary/aromatic N) is 3. The third-order valence-electron chi connectivity index (χ3n) is 2.43. The molecule has 5 heteroatoms. The van der Waals surface area contributed by atoms with E-state index < -0.39 is 6.10 Å². The molecule has 0 aliphatic carbocycles. The fraction of sp³-hybridized carbons (Fsp3) is 0.273. The Morgan fingerprint density at radius 2 is 2.19 bits per heavy atom. The Balaban J connectivity index is 2.47. The van der Waals surface area contributed by atoms with E-state index in [0.29, 0.717) is 16.9 Å². The number of rotatable bonds is 2. The fourth-order valence-electron chi connectivity index (χ4n) is 1.43. The molecule has 1 unspecified atom stereocenters. The number of halogens is 1. The molecule has 2 rings (SSSR count). The van der Waals surface area contributed by atoms with Crippen LogP contribution in [0.2, 0.25) is 0 Å². The van der Waals surface area contributed by atoms with E-state index in [1.165, 1.54) is 10.7 Å². The molecule has 4 nitrogen and oxygen atoms in total. The van der Waals surface area contributed by atoms with E-state index in [4.69, 9.17) is 0 Å². The molecule has 0 spiro atoms. The summed E-state index contributed by atoms with van der Waals surface area (Å²) in [5.41, 5.74) is 1.59. The van der Waals surface area contributed by atoms with Crippen molar-refractivity contribution >= 4 is 0 Å². The maximum Gasteiger partial charge on any atom is 0.128 e. The normalized spacial score (nSPS) is 12.8. The number of hydrogen-bond donors (Lipinski definition) is 1. The Labute approximate surface area is 92.3 Å². The van der Waals surface area contributed by atoms with Gasteiger partial charge in [0.1, 0.15) is 11.5 Å². The van der Waals surface area contributed by atoms with E-state index in [-0.39, 0.29) is 5.82 Å². The van der Waals surface area contributed by atoms with Gasteiger partial charge in [0, 0.05) is 5.56 Å². The SMILES string of the molecule is Cc1c(F)cccc1-n1cc(C(C)O)nn1. The van der Waals surface area contributed by atoms with Crippen LogP contribution >= 0.6 is 0 Å². The highest BCUT2D eigenvalue weighted by atomic mass is 19.1. The molecule has 1 N–H and O–H groups in total. The van der Waals surface area contributed by atoms with Crippen molar-refractivity contribution in [1.82, 2.24) is 15.0 Å². The maximum atomic E-state index is 13.3. The topological polar surface area (TPSA) is 50.9 Å². The van der Waals surface area contributed by atoms with E-state index in [1.807, 2.05) is 0 Å². The molecule has 1 atom stereocenters. The van der Waals surface area contributed by atoms with E-state index in [0.717, 1.165) is 0 Å². The molecule has 0 saturated carbocycles. The van der Waals surface area contributed by atoms with Gasteiger partial charge in [-0.15, -0.1) is 5.10 Å². The van der Waals surface area contributed by atoms with Crippen LogP contribution in [0.4, 0.5) is 4.39 Å². The van der Waals surface area contributed by atoms with Gasteiger partial charge in [-0.1, -0.05) is 11.3 Å². The summed E-state index contributed by atoms with van der Waals surface area (Å²) in [6.45, 7) is 3.28. The van der Waals surface area contributed by atoms with Crippen molar-refractivity contribution < 1.29 is 9.50 Å². The van der Waals surface area contributed by atoms with E-state index in [2.05, 4.69) is 10.3 Å². The second-order valence-corrected chi connectivity index (χ2v) is 3.65. The van der Waals surface area contributed by atoms with Gasteiger partial charge < -0.3 is 5.11 Å². The van der Waals surface area contributed by atoms with E-state index >= 15 is 0 Å². The van der Waals surface area contributed by atoms with Gasteiger partial charge >= 0.3 is 0 Å². The van der Waals surface area contributed by atoms with Crippen molar-refractivity contribution in [1.29, 1.82) is 0 Å². The Bertz CT molecular complexity index is 508. The zero-order valence-corrected chi connectivity index (χ0v) is 9.05. The number of hydrogen-bond acceptors (Lipinski definition) is 3. The van der Waals surface area contributed by atoms with Crippen molar-refractivity contribution in [3.05, 3.63) is 41.5 Å². The summed E-state index contributed by atoms with van der Waals surface area (Å²) in [5.74, 6) is -0.286. The van der Waals surface area contributed by atoms with Gasteiger partial charge in [0.05, 0.1) is 18.0 Å². The molecule has 16 heavy (non-hydrogen) atoms. The van der Waals surface area contributed by atoms with E-state index in [1.54, 1.807) is 32.2 Å². The molecule has 0 amide bonds. The largest absolute Gasteiger partial charge is 0.387 e. The average Bonchev–Trinajstić information content (AvgIpc) is 2.71. The number of benzene rings is 1. The highest BCUT2D eigenvalue weighted by molar-refractivity contribution is 5.40. The Hall–Kier alpha value is -1.75. The average molecular weight is 221 g/mol. The third-order valence-corrected chi connectivity index (χ3v) is 2.43. The first kappa shape index (κ1) is 10.8. The molecular weight excluding hydrogens is 209 g/mol. The lowest BCUT2D eigenvalue weighted by Gasteiger charge is -2.04. The molecule has 0 aliphatic rings. The molecule has 0 fully saturated rings. The van der Waals surface area contributed by atoms with Crippen LogP contribution in [0.1, 0.15) is 24.3 Å². The first-order chi connectivity index (χ1) is 7.59. The van der Waals surface area contributed by atoms with E-state index in [9.17, 15) is 9.50 Å². The molecule has 0 radical (unpaired) electrons. The summed E-state index contributed by atoms with van der Waals surface area (Å²) in [7, 11) is 0. The van der Waals surface area contributed by atoms with Crippen molar-refractivity contribution in [2.75, 3.05) is 0 Å². The van der Waals surface area contributed by atoms with Crippen LogP contribution in [0, 0.1) is 12.7 Å². The summed E-state index contributed by atoms with van der Waals surface area (Å²) in [4.78, 5) is 0. The minimum absolute atomic E-state index is 0.286. The van der Waals surface area contributed by atoms with Crippen LogP contribution in [0.25, 0.3) is 5.69 Å². The van der Waals surface area contributed by atoms with Gasteiger partial charge in [-0.2, -0.15) is 0 Å². The third kappa shape index (κ3) is 1.81. The van der Waals surface area contributed by atoms with Crippen LogP contribution in [-0.4, -0.2) is 20.1 Å². The van der Waals surface area contributed by atoms with Crippen LogP contribution in [0.3, 0.4) is 0 Å². The molecule has 1 heterocycles. The van der Waals surface area contributed by atoms with Crippen LogP contribution in [0.5, 0.6) is 0 Å². The fourth-order valence-corrected chi connectivity index (χ4v) is 1.43. The first-order valence-electron chi connectivity index (χ1n) is 4.95. The Morgan fingerprint density at radius 1 is 1.44 bits per heavy atom. The Morgan fingerprint density at radius 3 is 2.81 bits per heavy atom. The predicted octanol–water partition coefficient (Wildman–Crippen LogP) is 1.77. The first-order valence-corrected chi connectivity index (χ1v) is 4.95. The second kappa shape index (κ2) is 4.02.